The van der Waals surface area contributed by atoms with E-state index < -0.39 is 0 Å². The third-order valence-electron chi connectivity index (χ3n) is 4.14. The zero-order chi connectivity index (χ0) is 19.9. The molecule has 1 heterocycles. The number of para-hydroxylation sites is 2. The van der Waals surface area contributed by atoms with Gasteiger partial charge in [-0.3, -0.25) is 4.79 Å². The number of carbonyl (C=O) groups is 1. The van der Waals surface area contributed by atoms with Gasteiger partial charge in [-0.25, -0.2) is 0 Å². The molecule has 1 atom stereocenters. The Balaban J connectivity index is 1.60. The standard InChI is InChI=1S/C22H27NO5/c1-4-25-21-11-16(9-10-19(21)26-13-15(2)3)22(24)23-12-17-14-27-18-7-5-6-8-20(18)28-17/h5-11,15,17H,4,12-14H2,1-3H3,(H,23,24). The van der Waals surface area contributed by atoms with Crippen LogP contribution >= 0.6 is 0 Å². The van der Waals surface area contributed by atoms with E-state index in [1.54, 1.807) is 18.2 Å². The zero-order valence-corrected chi connectivity index (χ0v) is 16.6. The average molecular weight is 385 g/mol. The minimum absolute atomic E-state index is 0.196. The van der Waals surface area contributed by atoms with Crippen molar-refractivity contribution < 1.29 is 23.7 Å². The first kappa shape index (κ1) is 19.9. The summed E-state index contributed by atoms with van der Waals surface area (Å²) in [6, 6.07) is 12.7. The van der Waals surface area contributed by atoms with Crippen LogP contribution in [-0.4, -0.2) is 38.4 Å². The minimum atomic E-state index is -0.237. The first-order chi connectivity index (χ1) is 13.6. The van der Waals surface area contributed by atoms with Crippen molar-refractivity contribution in [3.05, 3.63) is 48.0 Å². The number of ether oxygens (including phenoxy) is 4. The maximum atomic E-state index is 12.6. The second-order valence-corrected chi connectivity index (χ2v) is 7.01. The van der Waals surface area contributed by atoms with Gasteiger partial charge in [0.15, 0.2) is 23.0 Å². The number of benzene rings is 2. The van der Waals surface area contributed by atoms with Crippen molar-refractivity contribution in [3.8, 4) is 23.0 Å². The fourth-order valence-corrected chi connectivity index (χ4v) is 2.77. The molecule has 2 aromatic carbocycles. The third kappa shape index (κ3) is 5.09. The largest absolute Gasteiger partial charge is 0.490 e. The van der Waals surface area contributed by atoms with Crippen molar-refractivity contribution in [2.75, 3.05) is 26.4 Å². The van der Waals surface area contributed by atoms with Gasteiger partial charge in [0.1, 0.15) is 12.7 Å². The Hall–Kier alpha value is -2.89. The first-order valence-electron chi connectivity index (χ1n) is 9.63. The number of hydrogen-bond acceptors (Lipinski definition) is 5. The van der Waals surface area contributed by atoms with Crippen LogP contribution in [0, 0.1) is 5.92 Å². The van der Waals surface area contributed by atoms with E-state index in [1.165, 1.54) is 0 Å². The van der Waals surface area contributed by atoms with Crippen LogP contribution in [0.4, 0.5) is 0 Å². The zero-order valence-electron chi connectivity index (χ0n) is 16.6. The molecule has 1 aliphatic heterocycles. The Morgan fingerprint density at radius 3 is 2.68 bits per heavy atom. The molecular formula is C22H27NO5. The van der Waals surface area contributed by atoms with E-state index in [1.807, 2.05) is 31.2 Å². The molecule has 0 spiro atoms. The second-order valence-electron chi connectivity index (χ2n) is 7.01. The molecule has 1 unspecified atom stereocenters. The molecule has 0 saturated carbocycles. The second kappa shape index (κ2) is 9.35. The third-order valence-corrected chi connectivity index (χ3v) is 4.14. The number of nitrogens with one attached hydrogen (secondary N) is 1. The predicted octanol–water partition coefficient (Wildman–Crippen LogP) is 3.69. The fraction of sp³-hybridized carbons (Fsp3) is 0.409. The molecule has 0 radical (unpaired) electrons. The number of rotatable bonds is 8. The van der Waals surface area contributed by atoms with Gasteiger partial charge in [-0.05, 0) is 43.2 Å². The Bertz CT molecular complexity index is 805. The number of carbonyl (C=O) groups excluding carboxylic acids is 1. The molecule has 0 bridgehead atoms. The molecule has 1 aliphatic rings. The normalized spacial score (nSPS) is 15.2. The van der Waals surface area contributed by atoms with Gasteiger partial charge in [-0.1, -0.05) is 26.0 Å². The van der Waals surface area contributed by atoms with Gasteiger partial charge in [0.25, 0.3) is 5.91 Å². The molecule has 6 heteroatoms. The predicted molar refractivity (Wildman–Crippen MR) is 107 cm³/mol. The van der Waals surface area contributed by atoms with Crippen LogP contribution in [0.25, 0.3) is 0 Å². The maximum absolute atomic E-state index is 12.6. The summed E-state index contributed by atoms with van der Waals surface area (Å²) < 4.78 is 23.0. The molecule has 0 fully saturated rings. The fourth-order valence-electron chi connectivity index (χ4n) is 2.77. The van der Waals surface area contributed by atoms with E-state index >= 15 is 0 Å². The van der Waals surface area contributed by atoms with Crippen LogP contribution in [0.1, 0.15) is 31.1 Å². The summed E-state index contributed by atoms with van der Waals surface area (Å²) in [5, 5.41) is 2.90. The molecular weight excluding hydrogens is 358 g/mol. The Morgan fingerprint density at radius 2 is 1.93 bits per heavy atom. The van der Waals surface area contributed by atoms with E-state index in [0.29, 0.717) is 55.1 Å². The van der Waals surface area contributed by atoms with Crippen LogP contribution in [0.15, 0.2) is 42.5 Å². The smallest absolute Gasteiger partial charge is 0.251 e. The van der Waals surface area contributed by atoms with Crippen LogP contribution in [0.3, 0.4) is 0 Å². The van der Waals surface area contributed by atoms with Crippen molar-refractivity contribution >= 4 is 5.91 Å². The highest BCUT2D eigenvalue weighted by atomic mass is 16.6. The lowest BCUT2D eigenvalue weighted by atomic mass is 10.1. The molecule has 0 saturated heterocycles. The van der Waals surface area contributed by atoms with Crippen molar-refractivity contribution in [1.29, 1.82) is 0 Å². The highest BCUT2D eigenvalue weighted by Crippen LogP contribution is 2.31. The average Bonchev–Trinajstić information content (AvgIpc) is 2.71. The highest BCUT2D eigenvalue weighted by molar-refractivity contribution is 5.94. The molecule has 2 aromatic rings. The summed E-state index contributed by atoms with van der Waals surface area (Å²) >= 11 is 0. The topological polar surface area (TPSA) is 66.0 Å². The lowest BCUT2D eigenvalue weighted by Crippen LogP contribution is -2.40. The number of amides is 1. The minimum Gasteiger partial charge on any atom is -0.490 e. The summed E-state index contributed by atoms with van der Waals surface area (Å²) in [7, 11) is 0. The van der Waals surface area contributed by atoms with Crippen molar-refractivity contribution in [2.24, 2.45) is 5.92 Å². The summed E-state index contributed by atoms with van der Waals surface area (Å²) in [6.45, 7) is 7.89. The SMILES string of the molecule is CCOc1cc(C(=O)NCC2COc3ccccc3O2)ccc1OCC(C)C. The highest BCUT2D eigenvalue weighted by Gasteiger charge is 2.21. The number of fused-ring (bicyclic) bond motifs is 1. The van der Waals surface area contributed by atoms with Gasteiger partial charge in [0.2, 0.25) is 0 Å². The van der Waals surface area contributed by atoms with Gasteiger partial charge >= 0.3 is 0 Å². The molecule has 0 aliphatic carbocycles. The van der Waals surface area contributed by atoms with Crippen LogP contribution in [-0.2, 0) is 0 Å². The van der Waals surface area contributed by atoms with E-state index in [4.69, 9.17) is 18.9 Å². The van der Waals surface area contributed by atoms with Crippen LogP contribution in [0.2, 0.25) is 0 Å². The summed E-state index contributed by atoms with van der Waals surface area (Å²) in [5.41, 5.74) is 0.512. The van der Waals surface area contributed by atoms with Gasteiger partial charge in [0.05, 0.1) is 19.8 Å². The lowest BCUT2D eigenvalue weighted by Gasteiger charge is -2.26. The van der Waals surface area contributed by atoms with E-state index in [2.05, 4.69) is 19.2 Å². The lowest BCUT2D eigenvalue weighted by molar-refractivity contribution is 0.0789. The Morgan fingerprint density at radius 1 is 1.14 bits per heavy atom. The van der Waals surface area contributed by atoms with Crippen LogP contribution in [0.5, 0.6) is 23.0 Å². The molecule has 28 heavy (non-hydrogen) atoms. The van der Waals surface area contributed by atoms with Crippen LogP contribution < -0.4 is 24.3 Å². The Kier molecular flexibility index (Phi) is 6.63. The summed E-state index contributed by atoms with van der Waals surface area (Å²) in [5.74, 6) is 2.84. The van der Waals surface area contributed by atoms with Crippen molar-refractivity contribution in [2.45, 2.75) is 26.9 Å². The van der Waals surface area contributed by atoms with E-state index in [9.17, 15) is 4.79 Å². The molecule has 0 aromatic heterocycles. The number of hydrogen-bond donors (Lipinski definition) is 1. The molecule has 3 rings (SSSR count). The van der Waals surface area contributed by atoms with Crippen molar-refractivity contribution in [3.63, 3.8) is 0 Å². The van der Waals surface area contributed by atoms with Gasteiger partial charge < -0.3 is 24.3 Å². The first-order valence-corrected chi connectivity index (χ1v) is 9.63. The summed E-state index contributed by atoms with van der Waals surface area (Å²) in [6.07, 6.45) is -0.237. The molecule has 1 N–H and O–H groups in total. The van der Waals surface area contributed by atoms with Crippen molar-refractivity contribution in [1.82, 2.24) is 5.32 Å². The Labute approximate surface area is 165 Å². The monoisotopic (exact) mass is 385 g/mol. The van der Waals surface area contributed by atoms with E-state index in [0.717, 1.165) is 5.75 Å². The van der Waals surface area contributed by atoms with E-state index in [-0.39, 0.29) is 12.0 Å². The quantitative estimate of drug-likeness (QED) is 0.751. The summed E-state index contributed by atoms with van der Waals surface area (Å²) in [4.78, 5) is 12.6. The van der Waals surface area contributed by atoms with Gasteiger partial charge in [-0.2, -0.15) is 0 Å². The molecule has 150 valence electrons. The maximum Gasteiger partial charge on any atom is 0.251 e. The molecule has 1 amide bonds. The van der Waals surface area contributed by atoms with Gasteiger partial charge in [0, 0.05) is 5.56 Å². The molecule has 6 nitrogen and oxygen atoms in total. The van der Waals surface area contributed by atoms with Gasteiger partial charge in [-0.15, -0.1) is 0 Å².